The maximum Gasteiger partial charge on any atom is 0.249 e. The van der Waals surface area contributed by atoms with E-state index in [9.17, 15) is 4.79 Å². The highest BCUT2D eigenvalue weighted by Gasteiger charge is 2.27. The van der Waals surface area contributed by atoms with Crippen molar-refractivity contribution in [2.75, 3.05) is 32.8 Å². The van der Waals surface area contributed by atoms with Gasteiger partial charge in [0.1, 0.15) is 6.61 Å². The summed E-state index contributed by atoms with van der Waals surface area (Å²) in [6.45, 7) is 6.24. The summed E-state index contributed by atoms with van der Waals surface area (Å²) in [4.78, 5) is 14.1. The zero-order valence-corrected chi connectivity index (χ0v) is 12.1. The van der Waals surface area contributed by atoms with E-state index < -0.39 is 0 Å². The molecule has 1 N–H and O–H groups in total. The molecule has 0 bridgehead atoms. The highest BCUT2D eigenvalue weighted by molar-refractivity contribution is 6.30. The predicted octanol–water partition coefficient (Wildman–Crippen LogP) is 2.02. The lowest BCUT2D eigenvalue weighted by atomic mass is 10.0. The summed E-state index contributed by atoms with van der Waals surface area (Å²) in [6, 6.07) is 7.64. The SMILES string of the molecule is C=CCOCC(=O)N1CCNCC1c1cccc(Cl)c1. The van der Waals surface area contributed by atoms with Gasteiger partial charge in [-0.15, -0.1) is 6.58 Å². The molecule has 1 aromatic carbocycles. The van der Waals surface area contributed by atoms with E-state index in [1.54, 1.807) is 6.08 Å². The van der Waals surface area contributed by atoms with Crippen LogP contribution >= 0.6 is 11.6 Å². The van der Waals surface area contributed by atoms with Crippen LogP contribution in [0.25, 0.3) is 0 Å². The van der Waals surface area contributed by atoms with Gasteiger partial charge in [-0.2, -0.15) is 0 Å². The Morgan fingerprint density at radius 3 is 3.20 bits per heavy atom. The van der Waals surface area contributed by atoms with Crippen LogP contribution in [0.5, 0.6) is 0 Å². The van der Waals surface area contributed by atoms with Gasteiger partial charge in [0.25, 0.3) is 0 Å². The number of carbonyl (C=O) groups is 1. The van der Waals surface area contributed by atoms with Gasteiger partial charge < -0.3 is 15.0 Å². The number of ether oxygens (including phenoxy) is 1. The topological polar surface area (TPSA) is 41.6 Å². The molecule has 1 aliphatic heterocycles. The van der Waals surface area contributed by atoms with Crippen molar-refractivity contribution in [2.45, 2.75) is 6.04 Å². The summed E-state index contributed by atoms with van der Waals surface area (Å²) in [5.74, 6) is -0.00155. The number of hydrogen-bond donors (Lipinski definition) is 1. The highest BCUT2D eigenvalue weighted by atomic mass is 35.5. The van der Waals surface area contributed by atoms with E-state index in [-0.39, 0.29) is 18.6 Å². The van der Waals surface area contributed by atoms with Crippen molar-refractivity contribution in [3.05, 3.63) is 47.5 Å². The van der Waals surface area contributed by atoms with Gasteiger partial charge in [0.15, 0.2) is 0 Å². The van der Waals surface area contributed by atoms with Crippen LogP contribution in [0.2, 0.25) is 5.02 Å². The Balaban J connectivity index is 2.08. The minimum atomic E-state index is -0.00155. The number of piperazine rings is 1. The van der Waals surface area contributed by atoms with Crippen molar-refractivity contribution >= 4 is 17.5 Å². The van der Waals surface area contributed by atoms with Crippen LogP contribution in [0.4, 0.5) is 0 Å². The average Bonchev–Trinajstić information content (AvgIpc) is 2.47. The number of benzene rings is 1. The Kier molecular flexibility index (Phi) is 5.59. The molecule has 2 rings (SSSR count). The normalized spacial score (nSPS) is 18.9. The molecule has 1 amide bonds. The van der Waals surface area contributed by atoms with E-state index in [0.717, 1.165) is 18.7 Å². The van der Waals surface area contributed by atoms with E-state index in [1.165, 1.54) is 0 Å². The molecule has 1 fully saturated rings. The number of halogens is 1. The van der Waals surface area contributed by atoms with E-state index in [1.807, 2.05) is 29.2 Å². The Labute approximate surface area is 124 Å². The average molecular weight is 295 g/mol. The Hall–Kier alpha value is -1.36. The molecule has 108 valence electrons. The minimum absolute atomic E-state index is 0.00155. The van der Waals surface area contributed by atoms with Crippen LogP contribution in [-0.4, -0.2) is 43.7 Å². The van der Waals surface area contributed by atoms with Crippen molar-refractivity contribution in [3.63, 3.8) is 0 Å². The van der Waals surface area contributed by atoms with Gasteiger partial charge in [-0.1, -0.05) is 29.8 Å². The van der Waals surface area contributed by atoms with Crippen LogP contribution in [-0.2, 0) is 9.53 Å². The number of nitrogens with one attached hydrogen (secondary N) is 1. The van der Waals surface area contributed by atoms with Crippen LogP contribution in [0.1, 0.15) is 11.6 Å². The molecule has 1 unspecified atom stereocenters. The van der Waals surface area contributed by atoms with Crippen molar-refractivity contribution < 1.29 is 9.53 Å². The van der Waals surface area contributed by atoms with Gasteiger partial charge in [0.2, 0.25) is 5.91 Å². The second-order valence-corrected chi connectivity index (χ2v) is 5.10. The van der Waals surface area contributed by atoms with E-state index in [0.29, 0.717) is 18.2 Å². The molecular weight excluding hydrogens is 276 g/mol. The molecule has 4 nitrogen and oxygen atoms in total. The smallest absolute Gasteiger partial charge is 0.249 e. The number of amides is 1. The van der Waals surface area contributed by atoms with Crippen molar-refractivity contribution in [1.29, 1.82) is 0 Å². The third-order valence-electron chi connectivity index (χ3n) is 3.26. The maximum absolute atomic E-state index is 12.2. The quantitative estimate of drug-likeness (QED) is 0.667. The maximum atomic E-state index is 12.2. The first-order chi connectivity index (χ1) is 9.72. The molecule has 0 saturated carbocycles. The van der Waals surface area contributed by atoms with E-state index >= 15 is 0 Å². The highest BCUT2D eigenvalue weighted by Crippen LogP contribution is 2.24. The number of carbonyl (C=O) groups excluding carboxylic acids is 1. The fourth-order valence-corrected chi connectivity index (χ4v) is 2.53. The van der Waals surface area contributed by atoms with Crippen molar-refractivity contribution in [1.82, 2.24) is 10.2 Å². The first-order valence-electron chi connectivity index (χ1n) is 6.66. The lowest BCUT2D eigenvalue weighted by Crippen LogP contribution is -2.49. The fraction of sp³-hybridized carbons (Fsp3) is 0.400. The summed E-state index contributed by atoms with van der Waals surface area (Å²) in [7, 11) is 0. The number of nitrogens with zero attached hydrogens (tertiary/aromatic N) is 1. The Bertz CT molecular complexity index is 479. The second kappa shape index (κ2) is 7.43. The third-order valence-corrected chi connectivity index (χ3v) is 3.49. The minimum Gasteiger partial charge on any atom is -0.368 e. The van der Waals surface area contributed by atoms with Crippen LogP contribution in [0.15, 0.2) is 36.9 Å². The number of rotatable bonds is 5. The molecule has 1 heterocycles. The van der Waals surface area contributed by atoms with Gasteiger partial charge in [0, 0.05) is 24.7 Å². The molecule has 20 heavy (non-hydrogen) atoms. The zero-order chi connectivity index (χ0) is 14.4. The number of hydrogen-bond acceptors (Lipinski definition) is 3. The summed E-state index contributed by atoms with van der Waals surface area (Å²) in [6.07, 6.45) is 1.64. The van der Waals surface area contributed by atoms with Crippen molar-refractivity contribution in [3.8, 4) is 0 Å². The van der Waals surface area contributed by atoms with Gasteiger partial charge in [-0.25, -0.2) is 0 Å². The molecule has 1 aliphatic rings. The summed E-state index contributed by atoms with van der Waals surface area (Å²) >= 11 is 6.03. The standard InChI is InChI=1S/C15H19ClN2O2/c1-2-8-20-11-15(19)18-7-6-17-10-14(18)12-4-3-5-13(16)9-12/h2-5,9,14,17H,1,6-8,10-11H2. The van der Waals surface area contributed by atoms with Crippen molar-refractivity contribution in [2.24, 2.45) is 0 Å². The third kappa shape index (κ3) is 3.82. The van der Waals surface area contributed by atoms with E-state index in [4.69, 9.17) is 16.3 Å². The fourth-order valence-electron chi connectivity index (χ4n) is 2.33. The van der Waals surface area contributed by atoms with E-state index in [2.05, 4.69) is 11.9 Å². The summed E-state index contributed by atoms with van der Waals surface area (Å²) in [5.41, 5.74) is 1.04. The lowest BCUT2D eigenvalue weighted by molar-refractivity contribution is -0.139. The molecule has 0 spiro atoms. The molecule has 1 atom stereocenters. The van der Waals surface area contributed by atoms with Gasteiger partial charge in [0.05, 0.1) is 12.6 Å². The lowest BCUT2D eigenvalue weighted by Gasteiger charge is -2.36. The predicted molar refractivity (Wildman–Crippen MR) is 79.8 cm³/mol. The summed E-state index contributed by atoms with van der Waals surface area (Å²) in [5, 5.41) is 3.99. The molecule has 0 radical (unpaired) electrons. The first-order valence-corrected chi connectivity index (χ1v) is 7.04. The monoisotopic (exact) mass is 294 g/mol. The largest absolute Gasteiger partial charge is 0.368 e. The molecule has 1 saturated heterocycles. The van der Waals surface area contributed by atoms with Gasteiger partial charge in [-0.3, -0.25) is 4.79 Å². The Morgan fingerprint density at radius 2 is 2.45 bits per heavy atom. The Morgan fingerprint density at radius 1 is 1.60 bits per heavy atom. The van der Waals surface area contributed by atoms with Gasteiger partial charge >= 0.3 is 0 Å². The summed E-state index contributed by atoms with van der Waals surface area (Å²) < 4.78 is 5.25. The molecular formula is C15H19ClN2O2. The molecule has 0 aromatic heterocycles. The first kappa shape index (κ1) is 15.0. The van der Waals surface area contributed by atoms with Crippen LogP contribution in [0, 0.1) is 0 Å². The molecule has 0 aliphatic carbocycles. The zero-order valence-electron chi connectivity index (χ0n) is 11.3. The van der Waals surface area contributed by atoms with Gasteiger partial charge in [-0.05, 0) is 17.7 Å². The van der Waals surface area contributed by atoms with Crippen LogP contribution in [0.3, 0.4) is 0 Å². The molecule has 1 aromatic rings. The molecule has 5 heteroatoms. The van der Waals surface area contributed by atoms with Crippen LogP contribution < -0.4 is 5.32 Å². The second-order valence-electron chi connectivity index (χ2n) is 4.67.